The maximum Gasteiger partial charge on any atom is 0.407 e. The molecule has 7 nitrogen and oxygen atoms in total. The summed E-state index contributed by atoms with van der Waals surface area (Å²) >= 11 is 5.79. The predicted molar refractivity (Wildman–Crippen MR) is 80.8 cm³/mol. The highest BCUT2D eigenvalue weighted by Gasteiger charge is 2.18. The summed E-state index contributed by atoms with van der Waals surface area (Å²) in [5.74, 6) is 0. The van der Waals surface area contributed by atoms with Gasteiger partial charge < -0.3 is 15.4 Å². The number of benzene rings is 1. The molecule has 0 unspecified atom stereocenters. The summed E-state index contributed by atoms with van der Waals surface area (Å²) in [6.07, 6.45) is -0.537. The van der Waals surface area contributed by atoms with Crippen molar-refractivity contribution in [3.8, 4) is 0 Å². The van der Waals surface area contributed by atoms with Gasteiger partial charge in [0.2, 0.25) is 0 Å². The third-order valence-electron chi connectivity index (χ3n) is 2.28. The second kappa shape index (κ2) is 7.12. The van der Waals surface area contributed by atoms with E-state index in [0.717, 1.165) is 0 Å². The number of para-hydroxylation sites is 1. The molecule has 0 aliphatic carbocycles. The van der Waals surface area contributed by atoms with Crippen LogP contribution >= 0.6 is 11.6 Å². The molecule has 1 amide bonds. The normalized spacial score (nSPS) is 10.9. The molecule has 1 aromatic rings. The van der Waals surface area contributed by atoms with Gasteiger partial charge in [0, 0.05) is 13.1 Å². The van der Waals surface area contributed by atoms with E-state index in [-0.39, 0.29) is 17.3 Å². The van der Waals surface area contributed by atoms with Gasteiger partial charge in [-0.1, -0.05) is 17.7 Å². The van der Waals surface area contributed by atoms with Gasteiger partial charge in [-0.3, -0.25) is 10.1 Å². The fraction of sp³-hybridized carbons (Fsp3) is 0.462. The molecule has 0 saturated heterocycles. The summed E-state index contributed by atoms with van der Waals surface area (Å²) in [7, 11) is 0. The number of carbonyl (C=O) groups excluding carboxylic acids is 1. The average molecular weight is 316 g/mol. The number of anilines is 1. The van der Waals surface area contributed by atoms with Crippen molar-refractivity contribution >= 4 is 29.1 Å². The van der Waals surface area contributed by atoms with Crippen LogP contribution in [0.2, 0.25) is 5.02 Å². The summed E-state index contributed by atoms with van der Waals surface area (Å²) < 4.78 is 5.06. The maximum atomic E-state index is 11.4. The molecule has 1 rings (SSSR count). The number of carbonyl (C=O) groups is 1. The minimum atomic E-state index is -0.566. The molecule has 0 fully saturated rings. The van der Waals surface area contributed by atoms with Crippen LogP contribution in [0.15, 0.2) is 18.2 Å². The number of hydrogen-bond donors (Lipinski definition) is 2. The Labute approximate surface area is 127 Å². The summed E-state index contributed by atoms with van der Waals surface area (Å²) in [6.45, 7) is 5.86. The molecule has 0 saturated carbocycles. The van der Waals surface area contributed by atoms with Crippen molar-refractivity contribution in [2.75, 3.05) is 18.4 Å². The molecular formula is C13H18ClN3O4. The first-order valence-electron chi connectivity index (χ1n) is 6.34. The van der Waals surface area contributed by atoms with Gasteiger partial charge >= 0.3 is 11.8 Å². The van der Waals surface area contributed by atoms with E-state index in [4.69, 9.17) is 16.3 Å². The molecule has 0 bridgehead atoms. The molecule has 0 atom stereocenters. The third kappa shape index (κ3) is 5.86. The van der Waals surface area contributed by atoms with Crippen LogP contribution in [0.5, 0.6) is 0 Å². The molecule has 0 aliphatic heterocycles. The highest BCUT2D eigenvalue weighted by atomic mass is 35.5. The van der Waals surface area contributed by atoms with Gasteiger partial charge in [0.05, 0.1) is 4.92 Å². The Morgan fingerprint density at radius 3 is 2.62 bits per heavy atom. The zero-order valence-corrected chi connectivity index (χ0v) is 12.9. The van der Waals surface area contributed by atoms with Gasteiger partial charge in [-0.15, -0.1) is 0 Å². The van der Waals surface area contributed by atoms with Crippen LogP contribution in [0.1, 0.15) is 20.8 Å². The molecule has 116 valence electrons. The predicted octanol–water partition coefficient (Wildman–Crippen LogP) is 3.18. The first-order valence-corrected chi connectivity index (χ1v) is 6.72. The molecule has 0 aliphatic rings. The van der Waals surface area contributed by atoms with Gasteiger partial charge in [-0.05, 0) is 32.9 Å². The van der Waals surface area contributed by atoms with Gasteiger partial charge in [-0.25, -0.2) is 4.79 Å². The second-order valence-corrected chi connectivity index (χ2v) is 5.66. The number of hydrogen-bond acceptors (Lipinski definition) is 5. The number of nitrogens with one attached hydrogen (secondary N) is 2. The highest BCUT2D eigenvalue weighted by Crippen LogP contribution is 2.31. The number of nitro benzene ring substituents is 1. The van der Waals surface area contributed by atoms with Crippen molar-refractivity contribution in [3.63, 3.8) is 0 Å². The van der Waals surface area contributed by atoms with E-state index in [1.807, 2.05) is 0 Å². The van der Waals surface area contributed by atoms with Crippen molar-refractivity contribution in [3.05, 3.63) is 33.3 Å². The smallest absolute Gasteiger partial charge is 0.407 e. The summed E-state index contributed by atoms with van der Waals surface area (Å²) in [5, 5.41) is 16.4. The lowest BCUT2D eigenvalue weighted by atomic mass is 10.2. The Balaban J connectivity index is 2.49. The highest BCUT2D eigenvalue weighted by molar-refractivity contribution is 6.33. The molecule has 8 heteroatoms. The zero-order valence-electron chi connectivity index (χ0n) is 12.1. The van der Waals surface area contributed by atoms with Crippen molar-refractivity contribution < 1.29 is 14.5 Å². The molecule has 2 N–H and O–H groups in total. The molecule has 1 aromatic carbocycles. The second-order valence-electron chi connectivity index (χ2n) is 5.25. The monoisotopic (exact) mass is 315 g/mol. The van der Waals surface area contributed by atoms with Crippen LogP contribution in [-0.2, 0) is 4.74 Å². The lowest BCUT2D eigenvalue weighted by molar-refractivity contribution is -0.383. The number of amides is 1. The quantitative estimate of drug-likeness (QED) is 0.494. The van der Waals surface area contributed by atoms with E-state index >= 15 is 0 Å². The van der Waals surface area contributed by atoms with Crippen LogP contribution in [0.25, 0.3) is 0 Å². The van der Waals surface area contributed by atoms with Crippen molar-refractivity contribution in [2.24, 2.45) is 0 Å². The SMILES string of the molecule is CC(C)(C)OC(=O)NCCNc1cccc(Cl)c1[N+](=O)[O-]. The Morgan fingerprint density at radius 2 is 2.05 bits per heavy atom. The molecule has 0 aromatic heterocycles. The third-order valence-corrected chi connectivity index (χ3v) is 2.58. The van der Waals surface area contributed by atoms with Crippen LogP contribution in [0.3, 0.4) is 0 Å². The van der Waals surface area contributed by atoms with Gasteiger partial charge in [0.25, 0.3) is 0 Å². The fourth-order valence-electron chi connectivity index (χ4n) is 1.52. The van der Waals surface area contributed by atoms with E-state index in [9.17, 15) is 14.9 Å². The minimum absolute atomic E-state index is 0.0603. The summed E-state index contributed by atoms with van der Waals surface area (Å²) in [6, 6.07) is 4.61. The van der Waals surface area contributed by atoms with Crippen molar-refractivity contribution in [1.82, 2.24) is 5.32 Å². The molecule has 0 spiro atoms. The Kier molecular flexibility index (Phi) is 5.78. The topological polar surface area (TPSA) is 93.5 Å². The Bertz CT molecular complexity index is 529. The Morgan fingerprint density at radius 1 is 1.38 bits per heavy atom. The first-order chi connectivity index (χ1) is 9.70. The lowest BCUT2D eigenvalue weighted by Crippen LogP contribution is -2.35. The molecule has 0 radical (unpaired) electrons. The lowest BCUT2D eigenvalue weighted by Gasteiger charge is -2.19. The van der Waals surface area contributed by atoms with E-state index < -0.39 is 16.6 Å². The molecule has 21 heavy (non-hydrogen) atoms. The summed E-state index contributed by atoms with van der Waals surface area (Å²) in [5.41, 5.74) is -0.446. The maximum absolute atomic E-state index is 11.4. The van der Waals surface area contributed by atoms with Crippen LogP contribution in [-0.4, -0.2) is 29.7 Å². The van der Waals surface area contributed by atoms with E-state index in [0.29, 0.717) is 12.2 Å². The van der Waals surface area contributed by atoms with Gasteiger partial charge in [0.15, 0.2) is 0 Å². The number of rotatable bonds is 5. The van der Waals surface area contributed by atoms with Crippen LogP contribution in [0.4, 0.5) is 16.2 Å². The fourth-order valence-corrected chi connectivity index (χ4v) is 1.76. The van der Waals surface area contributed by atoms with Crippen LogP contribution in [0, 0.1) is 10.1 Å². The van der Waals surface area contributed by atoms with Crippen molar-refractivity contribution in [2.45, 2.75) is 26.4 Å². The zero-order chi connectivity index (χ0) is 16.0. The first kappa shape index (κ1) is 17.0. The number of alkyl carbamates (subject to hydrolysis) is 1. The number of nitrogens with zero attached hydrogens (tertiary/aromatic N) is 1. The van der Waals surface area contributed by atoms with Gasteiger partial charge in [0.1, 0.15) is 16.3 Å². The largest absolute Gasteiger partial charge is 0.444 e. The standard InChI is InChI=1S/C13H18ClN3O4/c1-13(2,3)21-12(18)16-8-7-15-10-6-4-5-9(14)11(10)17(19)20/h4-6,15H,7-8H2,1-3H3,(H,16,18). The number of ether oxygens (including phenoxy) is 1. The van der Waals surface area contributed by atoms with E-state index in [1.54, 1.807) is 32.9 Å². The molecule has 0 heterocycles. The summed E-state index contributed by atoms with van der Waals surface area (Å²) in [4.78, 5) is 21.8. The number of halogens is 1. The van der Waals surface area contributed by atoms with Crippen LogP contribution < -0.4 is 10.6 Å². The van der Waals surface area contributed by atoms with E-state index in [2.05, 4.69) is 10.6 Å². The molecular weight excluding hydrogens is 298 g/mol. The minimum Gasteiger partial charge on any atom is -0.444 e. The van der Waals surface area contributed by atoms with E-state index in [1.165, 1.54) is 6.07 Å². The Hall–Kier alpha value is -2.02. The van der Waals surface area contributed by atoms with Crippen molar-refractivity contribution in [1.29, 1.82) is 0 Å². The average Bonchev–Trinajstić information content (AvgIpc) is 2.32. The van der Waals surface area contributed by atoms with Gasteiger partial charge in [-0.2, -0.15) is 0 Å². The number of nitro groups is 1.